The highest BCUT2D eigenvalue weighted by Crippen LogP contribution is 2.24. The molecule has 1 aromatic carbocycles. The zero-order valence-electron chi connectivity index (χ0n) is 14.1. The minimum absolute atomic E-state index is 0. The Hall–Kier alpha value is -1.66. The quantitative estimate of drug-likeness (QED) is 0.725. The van der Waals surface area contributed by atoms with Gasteiger partial charge in [0.05, 0.1) is 0 Å². The van der Waals surface area contributed by atoms with Gasteiger partial charge in [-0.3, -0.25) is 0 Å². The number of aromatic amines is 1. The van der Waals surface area contributed by atoms with Crippen LogP contribution in [-0.2, 0) is 0 Å². The van der Waals surface area contributed by atoms with Gasteiger partial charge in [0.1, 0.15) is 5.52 Å². The molecule has 0 amide bonds. The normalized spacial score (nSPS) is 16.7. The van der Waals surface area contributed by atoms with Crippen molar-refractivity contribution in [3.05, 3.63) is 23.8 Å². The molecule has 24 heavy (non-hydrogen) atoms. The molecule has 1 N–H and O–H groups in total. The first-order valence-electron chi connectivity index (χ1n) is 8.77. The van der Waals surface area contributed by atoms with Crippen molar-refractivity contribution in [1.82, 2.24) is 25.1 Å². The summed E-state index contributed by atoms with van der Waals surface area (Å²) in [5, 5.41) is 10.6. The molecule has 4 rings (SSSR count). The molecule has 2 aromatic heterocycles. The highest BCUT2D eigenvalue weighted by Gasteiger charge is 2.11. The average Bonchev–Trinajstić information content (AvgIpc) is 2.75. The van der Waals surface area contributed by atoms with Gasteiger partial charge >= 0.3 is 0 Å². The monoisotopic (exact) mass is 343 g/mol. The molecule has 5 nitrogen and oxygen atoms in total. The summed E-state index contributed by atoms with van der Waals surface area (Å²) in [5.41, 5.74) is 4.00. The molecule has 0 radical (unpaired) electrons. The van der Waals surface area contributed by atoms with Crippen LogP contribution in [0.3, 0.4) is 0 Å². The van der Waals surface area contributed by atoms with E-state index in [4.69, 9.17) is 0 Å². The molecular weight excluding hydrogens is 318 g/mol. The van der Waals surface area contributed by atoms with Crippen LogP contribution in [0.2, 0.25) is 0 Å². The van der Waals surface area contributed by atoms with Crippen molar-refractivity contribution in [2.45, 2.75) is 37.8 Å². The molecular formula is C18H25N5S. The average molecular weight is 344 g/mol. The topological polar surface area (TPSA) is 57.7 Å². The van der Waals surface area contributed by atoms with E-state index >= 15 is 0 Å². The van der Waals surface area contributed by atoms with Crippen LogP contribution in [0.5, 0.6) is 0 Å². The van der Waals surface area contributed by atoms with Gasteiger partial charge in [-0.25, -0.2) is 4.98 Å². The van der Waals surface area contributed by atoms with Gasteiger partial charge in [0, 0.05) is 24.6 Å². The van der Waals surface area contributed by atoms with Crippen LogP contribution in [0.1, 0.15) is 32.7 Å². The van der Waals surface area contributed by atoms with E-state index in [9.17, 15) is 0 Å². The Balaban J connectivity index is 0.00000182. The Kier molecular flexibility index (Phi) is 4.67. The number of likely N-dealkylation sites (tertiary alicyclic amines) is 1. The van der Waals surface area contributed by atoms with Crippen molar-refractivity contribution < 1.29 is 1.43 Å². The third-order valence-corrected chi connectivity index (χ3v) is 5.51. The number of benzene rings is 1. The van der Waals surface area contributed by atoms with E-state index in [1.54, 1.807) is 11.8 Å². The van der Waals surface area contributed by atoms with E-state index in [2.05, 4.69) is 50.2 Å². The number of hydrogen-bond donors (Lipinski definition) is 1. The number of nitrogens with one attached hydrogen (secondary N) is 1. The van der Waals surface area contributed by atoms with E-state index in [0.29, 0.717) is 0 Å². The summed E-state index contributed by atoms with van der Waals surface area (Å²) in [6, 6.07) is 6.32. The van der Waals surface area contributed by atoms with Crippen molar-refractivity contribution in [3.63, 3.8) is 0 Å². The van der Waals surface area contributed by atoms with Gasteiger partial charge in [-0.2, -0.15) is 0 Å². The zero-order valence-corrected chi connectivity index (χ0v) is 14.9. The smallest absolute Gasteiger partial charge is 0.211 e. The molecule has 0 spiro atoms. The molecule has 3 aromatic rings. The van der Waals surface area contributed by atoms with Crippen LogP contribution < -0.4 is 0 Å². The maximum atomic E-state index is 4.66. The SMILES string of the molecule is Cc1ccc2[nH]c3nc(SCCN4CCCCCC4)nnc3c2c1.[HH]. The van der Waals surface area contributed by atoms with Crippen molar-refractivity contribution in [2.24, 2.45) is 0 Å². The second-order valence-corrected chi connectivity index (χ2v) is 7.63. The fourth-order valence-corrected chi connectivity index (χ4v) is 4.14. The third kappa shape index (κ3) is 3.39. The molecule has 0 bridgehead atoms. The molecule has 1 aliphatic heterocycles. The maximum Gasteiger partial charge on any atom is 0.211 e. The molecule has 1 fully saturated rings. The van der Waals surface area contributed by atoms with E-state index in [1.807, 2.05) is 0 Å². The van der Waals surface area contributed by atoms with Crippen LogP contribution in [0.25, 0.3) is 22.1 Å². The summed E-state index contributed by atoms with van der Waals surface area (Å²) in [5.74, 6) is 1.02. The lowest BCUT2D eigenvalue weighted by Gasteiger charge is -2.18. The van der Waals surface area contributed by atoms with Gasteiger partial charge in [0.15, 0.2) is 5.65 Å². The first-order valence-corrected chi connectivity index (χ1v) is 9.76. The first kappa shape index (κ1) is 15.8. The maximum absolute atomic E-state index is 4.66. The first-order chi connectivity index (χ1) is 11.8. The Morgan fingerprint density at radius 1 is 1.17 bits per heavy atom. The molecule has 0 unspecified atom stereocenters. The lowest BCUT2D eigenvalue weighted by Crippen LogP contribution is -2.27. The number of rotatable bonds is 4. The predicted octanol–water partition coefficient (Wildman–Crippen LogP) is 4.03. The largest absolute Gasteiger partial charge is 0.338 e. The Morgan fingerprint density at radius 2 is 2.00 bits per heavy atom. The van der Waals surface area contributed by atoms with Gasteiger partial charge in [-0.1, -0.05) is 36.2 Å². The number of thioether (sulfide) groups is 1. The minimum Gasteiger partial charge on any atom is -0.338 e. The second kappa shape index (κ2) is 7.07. The highest BCUT2D eigenvalue weighted by molar-refractivity contribution is 7.99. The Morgan fingerprint density at radius 3 is 2.83 bits per heavy atom. The Bertz CT molecular complexity index is 842. The lowest BCUT2D eigenvalue weighted by atomic mass is 10.2. The van der Waals surface area contributed by atoms with E-state index in [1.165, 1.54) is 44.3 Å². The van der Waals surface area contributed by atoms with Crippen LogP contribution >= 0.6 is 11.8 Å². The fraction of sp³-hybridized carbons (Fsp3) is 0.500. The summed E-state index contributed by atoms with van der Waals surface area (Å²) in [4.78, 5) is 10.6. The molecule has 128 valence electrons. The summed E-state index contributed by atoms with van der Waals surface area (Å²) >= 11 is 1.70. The van der Waals surface area contributed by atoms with Crippen molar-refractivity contribution in [3.8, 4) is 0 Å². The second-order valence-electron chi connectivity index (χ2n) is 6.57. The standard InChI is InChI=1S/C18H23N5S.H2/c1-13-6-7-15-14(12-13)16-17(19-15)20-18(22-21-16)24-11-10-23-8-4-2-3-5-9-23;/h6-7,12H,2-5,8-11H2,1H3,(H,19,20,22);1H. The lowest BCUT2D eigenvalue weighted by molar-refractivity contribution is 0.303. The minimum atomic E-state index is 0. The van der Waals surface area contributed by atoms with Gasteiger partial charge in [-0.15, -0.1) is 10.2 Å². The van der Waals surface area contributed by atoms with Gasteiger partial charge < -0.3 is 9.88 Å². The summed E-state index contributed by atoms with van der Waals surface area (Å²) in [7, 11) is 0. The zero-order chi connectivity index (χ0) is 16.4. The molecule has 0 saturated carbocycles. The molecule has 6 heteroatoms. The summed E-state index contributed by atoms with van der Waals surface area (Å²) < 4.78 is 0. The molecule has 3 heterocycles. The van der Waals surface area contributed by atoms with Gasteiger partial charge in [-0.05, 0) is 45.0 Å². The molecule has 0 aliphatic carbocycles. The van der Waals surface area contributed by atoms with Crippen molar-refractivity contribution in [2.75, 3.05) is 25.4 Å². The van der Waals surface area contributed by atoms with Gasteiger partial charge in [0.2, 0.25) is 5.16 Å². The van der Waals surface area contributed by atoms with E-state index < -0.39 is 0 Å². The molecule has 1 aliphatic rings. The van der Waals surface area contributed by atoms with E-state index in [0.717, 1.165) is 39.5 Å². The molecule has 0 atom stereocenters. The molecule has 1 saturated heterocycles. The number of aromatic nitrogens is 4. The van der Waals surface area contributed by atoms with Crippen LogP contribution in [-0.4, -0.2) is 50.5 Å². The summed E-state index contributed by atoms with van der Waals surface area (Å²) in [6.07, 6.45) is 5.44. The summed E-state index contributed by atoms with van der Waals surface area (Å²) in [6.45, 7) is 5.67. The number of nitrogens with zero attached hydrogens (tertiary/aromatic N) is 4. The van der Waals surface area contributed by atoms with Crippen molar-refractivity contribution >= 4 is 33.8 Å². The van der Waals surface area contributed by atoms with E-state index in [-0.39, 0.29) is 1.43 Å². The third-order valence-electron chi connectivity index (χ3n) is 4.69. The number of aryl methyl sites for hydroxylation is 1. The van der Waals surface area contributed by atoms with Crippen LogP contribution in [0.4, 0.5) is 0 Å². The Labute approximate surface area is 147 Å². The predicted molar refractivity (Wildman–Crippen MR) is 102 cm³/mol. The number of hydrogen-bond acceptors (Lipinski definition) is 5. The van der Waals surface area contributed by atoms with Crippen LogP contribution in [0.15, 0.2) is 23.4 Å². The van der Waals surface area contributed by atoms with Gasteiger partial charge in [0.25, 0.3) is 0 Å². The van der Waals surface area contributed by atoms with Crippen LogP contribution in [0, 0.1) is 6.92 Å². The van der Waals surface area contributed by atoms with Crippen molar-refractivity contribution in [1.29, 1.82) is 0 Å². The number of H-pyrrole nitrogens is 1. The fourth-order valence-electron chi connectivity index (χ4n) is 3.36. The highest BCUT2D eigenvalue weighted by atomic mass is 32.2. The number of fused-ring (bicyclic) bond motifs is 3.